The maximum absolute atomic E-state index is 10.1. The van der Waals surface area contributed by atoms with Crippen LogP contribution in [0.15, 0.2) is 41.7 Å². The van der Waals surface area contributed by atoms with Crippen molar-refractivity contribution in [2.45, 2.75) is 13.0 Å². The predicted octanol–water partition coefficient (Wildman–Crippen LogP) is 1.52. The summed E-state index contributed by atoms with van der Waals surface area (Å²) < 4.78 is 1.83. The number of rotatable bonds is 6. The molecule has 1 fully saturated rings. The molecule has 2 heterocycles. The molecule has 2 N–H and O–H groups in total. The van der Waals surface area contributed by atoms with Gasteiger partial charge in [-0.25, -0.2) is 0 Å². The standard InChI is InChI=1S/C21H33N7O/c1-5-22-21(23-15-19(25(2)3)17-14-24-26(4)16-17)28-12-10-27(11-13-28)18-8-6-7-9-20(18)29/h6-9,14,16,19,29H,5,10-13,15H2,1-4H3,(H,22,23). The number of anilines is 1. The Morgan fingerprint density at radius 2 is 1.97 bits per heavy atom. The zero-order valence-electron chi connectivity index (χ0n) is 17.9. The maximum atomic E-state index is 10.1. The van der Waals surface area contributed by atoms with Crippen molar-refractivity contribution in [1.82, 2.24) is 24.9 Å². The molecule has 1 aliphatic rings. The van der Waals surface area contributed by atoms with E-state index >= 15 is 0 Å². The number of guanidine groups is 1. The number of para-hydroxylation sites is 2. The van der Waals surface area contributed by atoms with Crippen LogP contribution in [0.5, 0.6) is 5.75 Å². The Morgan fingerprint density at radius 3 is 2.55 bits per heavy atom. The lowest BCUT2D eigenvalue weighted by Gasteiger charge is -2.38. The van der Waals surface area contributed by atoms with Crippen molar-refractivity contribution in [3.63, 3.8) is 0 Å². The summed E-state index contributed by atoms with van der Waals surface area (Å²) in [6.07, 6.45) is 3.97. The molecule has 0 saturated carbocycles. The van der Waals surface area contributed by atoms with Gasteiger partial charge in [0.1, 0.15) is 5.75 Å². The van der Waals surface area contributed by atoms with E-state index < -0.39 is 0 Å². The molecular formula is C21H33N7O. The van der Waals surface area contributed by atoms with Crippen molar-refractivity contribution in [3.05, 3.63) is 42.2 Å². The minimum Gasteiger partial charge on any atom is -0.506 e. The normalized spacial score (nSPS) is 16.4. The molecule has 0 amide bonds. The summed E-state index contributed by atoms with van der Waals surface area (Å²) in [5.41, 5.74) is 2.07. The molecule has 1 aromatic heterocycles. The van der Waals surface area contributed by atoms with Crippen molar-refractivity contribution in [3.8, 4) is 5.75 Å². The number of nitrogens with one attached hydrogen (secondary N) is 1. The number of aliphatic imine (C=N–C) groups is 1. The Morgan fingerprint density at radius 1 is 1.24 bits per heavy atom. The highest BCUT2D eigenvalue weighted by Gasteiger charge is 2.22. The molecule has 1 aliphatic heterocycles. The van der Waals surface area contributed by atoms with Crippen LogP contribution in [0.3, 0.4) is 0 Å². The van der Waals surface area contributed by atoms with Gasteiger partial charge in [-0.2, -0.15) is 5.10 Å². The molecule has 8 heteroatoms. The van der Waals surface area contributed by atoms with Gasteiger partial charge in [-0.05, 0) is 33.2 Å². The molecule has 8 nitrogen and oxygen atoms in total. The first-order valence-corrected chi connectivity index (χ1v) is 10.2. The van der Waals surface area contributed by atoms with E-state index in [-0.39, 0.29) is 6.04 Å². The lowest BCUT2D eigenvalue weighted by molar-refractivity contribution is 0.303. The van der Waals surface area contributed by atoms with Crippen molar-refractivity contribution >= 4 is 11.6 Å². The van der Waals surface area contributed by atoms with E-state index in [2.05, 4.69) is 52.3 Å². The zero-order valence-corrected chi connectivity index (χ0v) is 17.9. The Hall–Kier alpha value is -2.74. The number of aryl methyl sites for hydroxylation is 1. The predicted molar refractivity (Wildman–Crippen MR) is 118 cm³/mol. The summed E-state index contributed by atoms with van der Waals surface area (Å²) >= 11 is 0. The fourth-order valence-corrected chi connectivity index (χ4v) is 3.67. The Labute approximate surface area is 173 Å². The highest BCUT2D eigenvalue weighted by Crippen LogP contribution is 2.27. The first kappa shape index (κ1) is 21.0. The van der Waals surface area contributed by atoms with E-state index in [0.29, 0.717) is 12.3 Å². The molecule has 1 unspecified atom stereocenters. The van der Waals surface area contributed by atoms with Crippen LogP contribution in [0.4, 0.5) is 5.69 Å². The number of hydrogen-bond acceptors (Lipinski definition) is 5. The number of likely N-dealkylation sites (N-methyl/N-ethyl adjacent to an activating group) is 1. The molecule has 158 valence electrons. The van der Waals surface area contributed by atoms with Crippen LogP contribution in [0.2, 0.25) is 0 Å². The molecule has 0 radical (unpaired) electrons. The Bertz CT molecular complexity index is 809. The van der Waals surface area contributed by atoms with Crippen molar-refractivity contribution in [2.75, 3.05) is 58.3 Å². The summed E-state index contributed by atoms with van der Waals surface area (Å²) in [5.74, 6) is 1.28. The van der Waals surface area contributed by atoms with Gasteiger partial charge in [0.25, 0.3) is 0 Å². The van der Waals surface area contributed by atoms with E-state index in [1.54, 1.807) is 6.07 Å². The van der Waals surface area contributed by atoms with Crippen LogP contribution in [-0.4, -0.2) is 84.0 Å². The maximum Gasteiger partial charge on any atom is 0.194 e. The average molecular weight is 400 g/mol. The molecule has 29 heavy (non-hydrogen) atoms. The molecule has 0 bridgehead atoms. The summed E-state index contributed by atoms with van der Waals surface area (Å²) in [6, 6.07) is 7.72. The van der Waals surface area contributed by atoms with Crippen LogP contribution < -0.4 is 10.2 Å². The highest BCUT2D eigenvalue weighted by molar-refractivity contribution is 5.80. The molecule has 3 rings (SSSR count). The molecular weight excluding hydrogens is 366 g/mol. The van der Waals surface area contributed by atoms with Gasteiger partial charge >= 0.3 is 0 Å². The third-order valence-electron chi connectivity index (χ3n) is 5.28. The van der Waals surface area contributed by atoms with Crippen LogP contribution in [0.1, 0.15) is 18.5 Å². The van der Waals surface area contributed by atoms with Crippen LogP contribution in [-0.2, 0) is 7.05 Å². The van der Waals surface area contributed by atoms with Crippen LogP contribution in [0.25, 0.3) is 0 Å². The largest absolute Gasteiger partial charge is 0.506 e. The third-order valence-corrected chi connectivity index (χ3v) is 5.28. The second kappa shape index (κ2) is 9.65. The number of hydrogen-bond donors (Lipinski definition) is 2. The molecule has 1 aromatic carbocycles. The summed E-state index contributed by atoms with van der Waals surface area (Å²) in [4.78, 5) is 11.7. The molecule has 0 spiro atoms. The van der Waals surface area contributed by atoms with Gasteiger partial charge < -0.3 is 25.1 Å². The topological polar surface area (TPSA) is 72.2 Å². The van der Waals surface area contributed by atoms with Gasteiger partial charge in [-0.1, -0.05) is 12.1 Å². The molecule has 0 aliphatic carbocycles. The van der Waals surface area contributed by atoms with E-state index in [0.717, 1.165) is 44.4 Å². The minimum absolute atomic E-state index is 0.180. The quantitative estimate of drug-likeness (QED) is 0.567. The molecule has 1 atom stereocenters. The van der Waals surface area contributed by atoms with Gasteiger partial charge in [0, 0.05) is 51.5 Å². The van der Waals surface area contributed by atoms with Gasteiger partial charge in [-0.3, -0.25) is 9.67 Å². The number of phenolic OH excluding ortho intramolecular Hbond substituents is 1. The number of aromatic nitrogens is 2. The fourth-order valence-electron chi connectivity index (χ4n) is 3.67. The minimum atomic E-state index is 0.180. The van der Waals surface area contributed by atoms with Gasteiger partial charge in [0.05, 0.1) is 24.5 Å². The van der Waals surface area contributed by atoms with Crippen molar-refractivity contribution < 1.29 is 5.11 Å². The first-order valence-electron chi connectivity index (χ1n) is 10.2. The lowest BCUT2D eigenvalue weighted by Crippen LogP contribution is -2.52. The second-order valence-electron chi connectivity index (χ2n) is 7.58. The second-order valence-corrected chi connectivity index (χ2v) is 7.58. The van der Waals surface area contributed by atoms with Crippen LogP contribution >= 0.6 is 0 Å². The number of aromatic hydroxyl groups is 1. The average Bonchev–Trinajstić information content (AvgIpc) is 3.13. The van der Waals surface area contributed by atoms with Gasteiger partial charge in [0.2, 0.25) is 0 Å². The summed E-state index contributed by atoms with van der Waals surface area (Å²) in [5, 5.41) is 17.9. The smallest absolute Gasteiger partial charge is 0.194 e. The summed E-state index contributed by atoms with van der Waals surface area (Å²) in [6.45, 7) is 7.01. The molecule has 2 aromatic rings. The van der Waals surface area contributed by atoms with Gasteiger partial charge in [0.15, 0.2) is 5.96 Å². The Kier molecular flexibility index (Phi) is 6.98. The van der Waals surface area contributed by atoms with E-state index in [1.807, 2.05) is 36.1 Å². The van der Waals surface area contributed by atoms with E-state index in [9.17, 15) is 5.11 Å². The van der Waals surface area contributed by atoms with E-state index in [1.165, 1.54) is 5.56 Å². The van der Waals surface area contributed by atoms with E-state index in [4.69, 9.17) is 4.99 Å². The highest BCUT2D eigenvalue weighted by atomic mass is 16.3. The van der Waals surface area contributed by atoms with Crippen LogP contribution in [0, 0.1) is 0 Å². The lowest BCUT2D eigenvalue weighted by atomic mass is 10.1. The monoisotopic (exact) mass is 399 g/mol. The fraction of sp³-hybridized carbons (Fsp3) is 0.524. The van der Waals surface area contributed by atoms with Gasteiger partial charge in [-0.15, -0.1) is 0 Å². The first-order chi connectivity index (χ1) is 14.0. The SMILES string of the molecule is CCNC(=NCC(c1cnn(C)c1)N(C)C)N1CCN(c2ccccc2O)CC1. The number of benzene rings is 1. The zero-order chi connectivity index (χ0) is 20.8. The van der Waals surface area contributed by atoms with Crippen molar-refractivity contribution in [1.29, 1.82) is 0 Å². The number of piperazine rings is 1. The Balaban J connectivity index is 1.67. The van der Waals surface area contributed by atoms with Crippen molar-refractivity contribution in [2.24, 2.45) is 12.0 Å². The number of phenols is 1. The number of nitrogens with zero attached hydrogens (tertiary/aromatic N) is 6. The third kappa shape index (κ3) is 5.20. The summed E-state index contributed by atoms with van der Waals surface area (Å²) in [7, 11) is 6.09. The molecule has 1 saturated heterocycles.